The van der Waals surface area contributed by atoms with Crippen molar-refractivity contribution in [2.75, 3.05) is 13.1 Å². The Bertz CT molecular complexity index is 5240. The topological polar surface area (TPSA) is 294 Å². The van der Waals surface area contributed by atoms with Crippen molar-refractivity contribution in [3.05, 3.63) is 216 Å². The monoisotopic (exact) mass is 1460 g/mol. The number of sulfone groups is 3. The standard InChI is InChI=1S/2C27H30N4O3S.C26H28N4O3S.3H2/c1-17(2)28-15-20-6-8-21(9-7-20)24-14-26(34-31-24)27-19(5)29-16-25(30-27)22-10-12-23(13-11-22)35(32,33)18(3)4;1-5-14-28-16-20-6-8-21(9-7-20)24-15-26(34-31-24)27-19(4)29-17-25(30-27)22-10-12-23(13-11-22)35(32,33)18(2)3;1-5-27-15-19-6-8-20(9-7-19)23-14-25(33-30-23)26-18(4)28-16-24(29-26)21-10-12-22(13-11-21)34(31,32)17(2)3;;;/h6-14,16-18,28H,15H2,1-5H3;6-13,15,17-18,28H,5,14,16H2,1-4H3;6-14,16-17,27H,5,15H2,1-4H3;3*1H. The van der Waals surface area contributed by atoms with Gasteiger partial charge in [-0.3, -0.25) is 15.0 Å². The highest BCUT2D eigenvalue weighted by Crippen LogP contribution is 2.34. The third-order valence-corrected chi connectivity index (χ3v) is 23.7. The van der Waals surface area contributed by atoms with Crippen molar-refractivity contribution in [3.63, 3.8) is 0 Å². The lowest BCUT2D eigenvalue weighted by atomic mass is 10.1. The van der Waals surface area contributed by atoms with Gasteiger partial charge in [0.25, 0.3) is 0 Å². The average molecular weight is 1460 g/mol. The quantitative estimate of drug-likeness (QED) is 0.0448. The van der Waals surface area contributed by atoms with Gasteiger partial charge in [-0.05, 0) is 135 Å². The lowest BCUT2D eigenvalue weighted by Gasteiger charge is -2.09. The van der Waals surface area contributed by atoms with E-state index >= 15 is 0 Å². The Balaban J connectivity index is 0.000000221. The first-order valence-electron chi connectivity index (χ1n) is 34.6. The summed E-state index contributed by atoms with van der Waals surface area (Å²) in [4.78, 5) is 28.6. The van der Waals surface area contributed by atoms with Crippen LogP contribution in [0.4, 0.5) is 0 Å². The molecule has 546 valence electrons. The summed E-state index contributed by atoms with van der Waals surface area (Å²) >= 11 is 0. The van der Waals surface area contributed by atoms with Gasteiger partial charge in [0.15, 0.2) is 46.8 Å². The highest BCUT2D eigenvalue weighted by atomic mass is 32.2. The Labute approximate surface area is 614 Å². The molecule has 0 saturated heterocycles. The molecule has 0 aliphatic carbocycles. The molecule has 21 nitrogen and oxygen atoms in total. The van der Waals surface area contributed by atoms with Crippen molar-refractivity contribution in [1.82, 2.24) is 61.3 Å². The fourth-order valence-electron chi connectivity index (χ4n) is 10.7. The van der Waals surface area contributed by atoms with Crippen molar-refractivity contribution in [2.24, 2.45) is 0 Å². The summed E-state index contributed by atoms with van der Waals surface area (Å²) in [5, 5.41) is 21.4. The summed E-state index contributed by atoms with van der Waals surface area (Å²) in [7, 11) is -9.99. The van der Waals surface area contributed by atoms with Crippen LogP contribution in [-0.2, 0) is 49.1 Å². The molecule has 0 radical (unpaired) electrons. The number of hydrogen-bond acceptors (Lipinski definition) is 21. The molecule has 12 rings (SSSR count). The number of hydrogen-bond donors (Lipinski definition) is 3. The van der Waals surface area contributed by atoms with Gasteiger partial charge in [-0.1, -0.05) is 152 Å². The van der Waals surface area contributed by atoms with E-state index in [-0.39, 0.29) is 4.28 Å². The molecule has 6 heterocycles. The smallest absolute Gasteiger partial charge is 0.187 e. The van der Waals surface area contributed by atoms with Crippen LogP contribution in [0.1, 0.15) is 114 Å². The Morgan fingerprint density at radius 2 is 0.635 bits per heavy atom. The van der Waals surface area contributed by atoms with Crippen molar-refractivity contribution in [2.45, 2.75) is 153 Å². The minimum atomic E-state index is -3.33. The first-order chi connectivity index (χ1) is 49.7. The molecule has 12 aromatic rings. The fraction of sp³-hybridized carbons (Fsp3) is 0.287. The second-order valence-corrected chi connectivity index (χ2v) is 33.7. The van der Waals surface area contributed by atoms with Crippen LogP contribution < -0.4 is 16.0 Å². The number of rotatable bonds is 25. The Hall–Kier alpha value is -10.1. The first-order valence-corrected chi connectivity index (χ1v) is 39.3. The van der Waals surface area contributed by atoms with Gasteiger partial charge < -0.3 is 29.5 Å². The van der Waals surface area contributed by atoms with Crippen molar-refractivity contribution >= 4 is 29.5 Å². The van der Waals surface area contributed by atoms with Crippen molar-refractivity contribution in [1.29, 1.82) is 0 Å². The summed E-state index contributed by atoms with van der Waals surface area (Å²) in [6.07, 6.45) is 6.12. The van der Waals surface area contributed by atoms with E-state index < -0.39 is 45.3 Å². The van der Waals surface area contributed by atoms with Crippen molar-refractivity contribution < 1.29 is 43.1 Å². The van der Waals surface area contributed by atoms with E-state index in [1.165, 1.54) is 16.7 Å². The van der Waals surface area contributed by atoms with E-state index in [2.05, 4.69) is 110 Å². The van der Waals surface area contributed by atoms with E-state index in [9.17, 15) is 25.3 Å². The van der Waals surface area contributed by atoms with E-state index in [0.29, 0.717) is 89.3 Å². The molecule has 0 aliphatic heterocycles. The fourth-order valence-corrected chi connectivity index (χ4v) is 13.9. The molecule has 24 heteroatoms. The molecule has 0 unspecified atom stereocenters. The zero-order chi connectivity index (χ0) is 74.5. The normalized spacial score (nSPS) is 11.9. The van der Waals surface area contributed by atoms with Crippen LogP contribution in [0.3, 0.4) is 0 Å². The average Bonchev–Trinajstić information content (AvgIpc) is 1.65. The summed E-state index contributed by atoms with van der Waals surface area (Å²) in [6.45, 7) is 28.5. The molecule has 104 heavy (non-hydrogen) atoms. The minimum absolute atomic E-state index is 0. The predicted octanol–water partition coefficient (Wildman–Crippen LogP) is 16.7. The summed E-state index contributed by atoms with van der Waals surface area (Å²) < 4.78 is 91.3. The van der Waals surface area contributed by atoms with Crippen LogP contribution in [0.5, 0.6) is 0 Å². The molecule has 0 atom stereocenters. The van der Waals surface area contributed by atoms with E-state index in [0.717, 1.165) is 89.6 Å². The molecule has 0 bridgehead atoms. The number of nitrogens with one attached hydrogen (secondary N) is 3. The molecule has 6 aromatic heterocycles. The zero-order valence-corrected chi connectivity index (χ0v) is 63.2. The highest BCUT2D eigenvalue weighted by molar-refractivity contribution is 7.92. The summed E-state index contributed by atoms with van der Waals surface area (Å²) in [6, 6.07) is 50.8. The largest absolute Gasteiger partial charge is 0.354 e. The van der Waals surface area contributed by atoms with Crippen LogP contribution in [0.2, 0.25) is 0 Å². The van der Waals surface area contributed by atoms with E-state index in [4.69, 9.17) is 28.5 Å². The van der Waals surface area contributed by atoms with Crippen LogP contribution in [0.25, 0.3) is 102 Å². The third-order valence-electron chi connectivity index (χ3n) is 17.2. The predicted molar refractivity (Wildman–Crippen MR) is 414 cm³/mol. The third kappa shape index (κ3) is 18.6. The molecular weight excluding hydrogens is 1370 g/mol. The maximum atomic E-state index is 12.4. The Morgan fingerprint density at radius 3 is 0.904 bits per heavy atom. The molecule has 0 amide bonds. The maximum absolute atomic E-state index is 12.4. The molecule has 0 spiro atoms. The Kier molecular flexibility index (Phi) is 25.0. The summed E-state index contributed by atoms with van der Waals surface area (Å²) in [5.41, 5.74) is 16.8. The zero-order valence-electron chi connectivity index (χ0n) is 60.8. The van der Waals surface area contributed by atoms with Gasteiger partial charge in [-0.15, -0.1) is 0 Å². The van der Waals surface area contributed by atoms with Crippen LogP contribution >= 0.6 is 0 Å². The maximum Gasteiger partial charge on any atom is 0.187 e. The first kappa shape index (κ1) is 76.6. The van der Waals surface area contributed by atoms with Gasteiger partial charge in [0.2, 0.25) is 0 Å². The van der Waals surface area contributed by atoms with Gasteiger partial charge in [0.1, 0.15) is 34.2 Å². The lowest BCUT2D eigenvalue weighted by Crippen LogP contribution is -2.21. The number of nitrogens with zero attached hydrogens (tertiary/aromatic N) is 9. The van der Waals surface area contributed by atoms with Crippen molar-refractivity contribution in [3.8, 4) is 102 Å². The number of aryl methyl sites for hydroxylation is 3. The highest BCUT2D eigenvalue weighted by Gasteiger charge is 2.24. The molecule has 0 fully saturated rings. The minimum Gasteiger partial charge on any atom is -0.354 e. The van der Waals surface area contributed by atoms with Gasteiger partial charge in [-0.2, -0.15) is 0 Å². The van der Waals surface area contributed by atoms with E-state index in [1.54, 1.807) is 133 Å². The van der Waals surface area contributed by atoms with E-state index in [1.807, 2.05) is 75.4 Å². The van der Waals surface area contributed by atoms with Gasteiger partial charge >= 0.3 is 0 Å². The Morgan fingerprint density at radius 1 is 0.365 bits per heavy atom. The second-order valence-electron chi connectivity index (χ2n) is 26.2. The molecule has 0 aliphatic rings. The number of benzene rings is 6. The lowest BCUT2D eigenvalue weighted by molar-refractivity contribution is 0.433. The number of aromatic nitrogens is 9. The van der Waals surface area contributed by atoms with Gasteiger partial charge in [0, 0.05) is 81.5 Å². The molecule has 0 saturated carbocycles. The van der Waals surface area contributed by atoms with Gasteiger partial charge in [-0.25, -0.2) is 40.2 Å². The molecular formula is C80H94N12O9S3. The SMILES string of the molecule is CCCNCc1ccc(-c2cc(-c3nc(-c4ccc(S(=O)(=O)C(C)C)cc4)cnc3C)on2)cc1.CCNCc1ccc(-c2cc(-c3nc(-c4ccc(S(=O)(=O)C(C)C)cc4)cnc3C)on2)cc1.Cc1ncc(-c2ccc(S(=O)(=O)C(C)C)cc2)nc1-c1cc(-c2ccc(CNC(C)C)cc2)no1.[HH].[HH].[HH]. The van der Waals surface area contributed by atoms with Crippen LogP contribution in [-0.4, -0.2) is 106 Å². The van der Waals surface area contributed by atoms with Crippen LogP contribution in [0.15, 0.2) is 211 Å². The second kappa shape index (κ2) is 34.0. The summed E-state index contributed by atoms with van der Waals surface area (Å²) in [5.74, 6) is 1.58. The van der Waals surface area contributed by atoms with Crippen LogP contribution in [0, 0.1) is 20.8 Å². The molecule has 3 N–H and O–H groups in total. The molecule has 6 aromatic carbocycles. The van der Waals surface area contributed by atoms with Gasteiger partial charge in [0.05, 0.1) is 83.2 Å².